The van der Waals surface area contributed by atoms with Crippen LogP contribution in [0.2, 0.25) is 0 Å². The summed E-state index contributed by atoms with van der Waals surface area (Å²) in [4.78, 5) is 21.4. The number of nitro groups is 1. The quantitative estimate of drug-likeness (QED) is 0.631. The molecule has 0 saturated heterocycles. The summed E-state index contributed by atoms with van der Waals surface area (Å²) in [5.74, 6) is -1.14. The first-order valence-electron chi connectivity index (χ1n) is 5.81. The van der Waals surface area contributed by atoms with E-state index in [4.69, 9.17) is 5.73 Å². The Balaban J connectivity index is 2.77. The first-order chi connectivity index (χ1) is 8.81. The predicted octanol–water partition coefficient (Wildman–Crippen LogP) is 2.05. The lowest BCUT2D eigenvalue weighted by Gasteiger charge is -2.14. The molecule has 1 aromatic carbocycles. The van der Waals surface area contributed by atoms with Gasteiger partial charge in [0, 0.05) is 6.07 Å². The summed E-state index contributed by atoms with van der Waals surface area (Å²) in [6, 6.07) is 2.28. The molecule has 0 bridgehead atoms. The summed E-state index contributed by atoms with van der Waals surface area (Å²) in [5.41, 5.74) is 5.16. The topological polar surface area (TPSA) is 98.3 Å². The Morgan fingerprint density at radius 2 is 2.16 bits per heavy atom. The van der Waals surface area contributed by atoms with E-state index >= 15 is 0 Å². The number of rotatable bonds is 5. The number of halogens is 1. The molecule has 0 radical (unpaired) electrons. The lowest BCUT2D eigenvalue weighted by Crippen LogP contribution is -2.36. The number of nitrogens with two attached hydrogens (primary N) is 1. The van der Waals surface area contributed by atoms with Gasteiger partial charge in [-0.3, -0.25) is 14.9 Å². The molecule has 0 aromatic heterocycles. The number of benzene rings is 1. The summed E-state index contributed by atoms with van der Waals surface area (Å²) >= 11 is 0. The number of carbonyl (C=O) groups excluding carboxylic acids is 1. The molecule has 0 saturated carbocycles. The summed E-state index contributed by atoms with van der Waals surface area (Å²) in [6.45, 7) is 3.83. The van der Waals surface area contributed by atoms with E-state index in [9.17, 15) is 19.3 Å². The lowest BCUT2D eigenvalue weighted by molar-refractivity contribution is -0.385. The van der Waals surface area contributed by atoms with Gasteiger partial charge in [0.05, 0.1) is 22.7 Å². The molecule has 0 unspecified atom stereocenters. The third-order valence-corrected chi connectivity index (χ3v) is 2.48. The first-order valence-corrected chi connectivity index (χ1v) is 5.81. The molecule has 0 aliphatic carbocycles. The Hall–Kier alpha value is -2.02. The zero-order valence-corrected chi connectivity index (χ0v) is 10.7. The highest BCUT2D eigenvalue weighted by atomic mass is 19.1. The molecule has 0 fully saturated rings. The minimum Gasteiger partial charge on any atom is -0.322 e. The van der Waals surface area contributed by atoms with Gasteiger partial charge in [-0.15, -0.1) is 0 Å². The van der Waals surface area contributed by atoms with Crippen LogP contribution in [0.5, 0.6) is 0 Å². The van der Waals surface area contributed by atoms with Crippen molar-refractivity contribution in [3.8, 4) is 0 Å². The average Bonchev–Trinajstić information content (AvgIpc) is 2.30. The van der Waals surface area contributed by atoms with E-state index < -0.39 is 22.7 Å². The van der Waals surface area contributed by atoms with Crippen LogP contribution >= 0.6 is 0 Å². The third kappa shape index (κ3) is 4.29. The Morgan fingerprint density at radius 1 is 1.53 bits per heavy atom. The van der Waals surface area contributed by atoms with E-state index in [1.165, 1.54) is 0 Å². The lowest BCUT2D eigenvalue weighted by atomic mass is 10.0. The van der Waals surface area contributed by atoms with E-state index in [0.29, 0.717) is 6.42 Å². The highest BCUT2D eigenvalue weighted by Crippen LogP contribution is 2.20. The van der Waals surface area contributed by atoms with Crippen LogP contribution in [0, 0.1) is 21.8 Å². The number of nitrogens with zero attached hydrogens (tertiary/aromatic N) is 1. The fraction of sp³-hybridized carbons (Fsp3) is 0.417. The van der Waals surface area contributed by atoms with Crippen LogP contribution in [0.1, 0.15) is 20.3 Å². The van der Waals surface area contributed by atoms with Gasteiger partial charge in [0.25, 0.3) is 5.69 Å². The molecule has 7 heteroatoms. The van der Waals surface area contributed by atoms with Crippen molar-refractivity contribution in [2.75, 3.05) is 5.32 Å². The number of nitrogens with one attached hydrogen (secondary N) is 1. The molecule has 1 atom stereocenters. The van der Waals surface area contributed by atoms with Crippen LogP contribution in [-0.4, -0.2) is 16.9 Å². The second-order valence-corrected chi connectivity index (χ2v) is 4.65. The number of nitro benzene ring substituents is 1. The fourth-order valence-electron chi connectivity index (χ4n) is 1.56. The van der Waals surface area contributed by atoms with Crippen molar-refractivity contribution in [3.63, 3.8) is 0 Å². The number of non-ortho nitro benzene ring substituents is 1. The maximum atomic E-state index is 13.5. The summed E-state index contributed by atoms with van der Waals surface area (Å²) < 4.78 is 13.5. The maximum absolute atomic E-state index is 13.5. The van der Waals surface area contributed by atoms with Crippen molar-refractivity contribution in [1.82, 2.24) is 0 Å². The minimum atomic E-state index is -0.862. The SMILES string of the molecule is CC(C)C[C@H](N)C(=O)Nc1ccc([N+](=O)[O-])cc1F. The molecular formula is C12H16FN3O3. The van der Waals surface area contributed by atoms with Gasteiger partial charge in [-0.05, 0) is 18.4 Å². The van der Waals surface area contributed by atoms with Crippen LogP contribution < -0.4 is 11.1 Å². The minimum absolute atomic E-state index is 0.116. The molecule has 0 aliphatic rings. The molecule has 0 heterocycles. The Labute approximate surface area is 109 Å². The van der Waals surface area contributed by atoms with Crippen molar-refractivity contribution in [1.29, 1.82) is 0 Å². The van der Waals surface area contributed by atoms with E-state index in [1.807, 2.05) is 13.8 Å². The van der Waals surface area contributed by atoms with Crippen molar-refractivity contribution >= 4 is 17.3 Å². The van der Waals surface area contributed by atoms with Gasteiger partial charge in [-0.2, -0.15) is 0 Å². The molecule has 0 aliphatic heterocycles. The van der Waals surface area contributed by atoms with Crippen LogP contribution in [0.4, 0.5) is 15.8 Å². The van der Waals surface area contributed by atoms with E-state index in [2.05, 4.69) is 5.32 Å². The molecule has 1 rings (SSSR count). The monoisotopic (exact) mass is 269 g/mol. The average molecular weight is 269 g/mol. The highest BCUT2D eigenvalue weighted by Gasteiger charge is 2.18. The van der Waals surface area contributed by atoms with E-state index in [-0.39, 0.29) is 17.3 Å². The van der Waals surface area contributed by atoms with Crippen LogP contribution in [-0.2, 0) is 4.79 Å². The van der Waals surface area contributed by atoms with Gasteiger partial charge in [-0.1, -0.05) is 13.8 Å². The Kier molecular flexibility index (Phi) is 4.94. The first kappa shape index (κ1) is 15.0. The molecule has 6 nitrogen and oxygen atoms in total. The van der Waals surface area contributed by atoms with Gasteiger partial charge in [0.1, 0.15) is 0 Å². The van der Waals surface area contributed by atoms with Gasteiger partial charge >= 0.3 is 0 Å². The van der Waals surface area contributed by atoms with Gasteiger partial charge in [0.15, 0.2) is 5.82 Å². The van der Waals surface area contributed by atoms with Crippen LogP contribution in [0.15, 0.2) is 18.2 Å². The zero-order chi connectivity index (χ0) is 14.6. The number of hydrogen-bond acceptors (Lipinski definition) is 4. The predicted molar refractivity (Wildman–Crippen MR) is 69.1 cm³/mol. The third-order valence-electron chi connectivity index (χ3n) is 2.48. The Morgan fingerprint density at radius 3 is 2.63 bits per heavy atom. The standard InChI is InChI=1S/C12H16FN3O3/c1-7(2)5-10(14)12(17)15-11-4-3-8(16(18)19)6-9(11)13/h3-4,6-7,10H,5,14H2,1-2H3,(H,15,17)/t10-/m0/s1. The van der Waals surface area contributed by atoms with Crippen molar-refractivity contribution in [2.45, 2.75) is 26.3 Å². The summed E-state index contributed by atoms with van der Waals surface area (Å²) in [6.07, 6.45) is 0.473. The Bertz CT molecular complexity index is 491. The molecule has 1 amide bonds. The van der Waals surface area contributed by atoms with Crippen LogP contribution in [0.3, 0.4) is 0 Å². The van der Waals surface area contributed by atoms with E-state index in [1.54, 1.807) is 0 Å². The van der Waals surface area contributed by atoms with Crippen molar-refractivity contribution in [2.24, 2.45) is 11.7 Å². The van der Waals surface area contributed by atoms with Gasteiger partial charge < -0.3 is 11.1 Å². The molecule has 0 spiro atoms. The maximum Gasteiger partial charge on any atom is 0.272 e. The van der Waals surface area contributed by atoms with Crippen LogP contribution in [0.25, 0.3) is 0 Å². The number of hydrogen-bond donors (Lipinski definition) is 2. The molecule has 1 aromatic rings. The number of amides is 1. The molecule has 3 N–H and O–H groups in total. The zero-order valence-electron chi connectivity index (χ0n) is 10.7. The van der Waals surface area contributed by atoms with Gasteiger partial charge in [0.2, 0.25) is 5.91 Å². The normalized spacial score (nSPS) is 12.3. The second kappa shape index (κ2) is 6.24. The van der Waals surface area contributed by atoms with Crippen molar-refractivity contribution in [3.05, 3.63) is 34.1 Å². The smallest absolute Gasteiger partial charge is 0.272 e. The number of anilines is 1. The van der Waals surface area contributed by atoms with Crippen molar-refractivity contribution < 1.29 is 14.1 Å². The largest absolute Gasteiger partial charge is 0.322 e. The highest BCUT2D eigenvalue weighted by molar-refractivity contribution is 5.94. The fourth-order valence-corrected chi connectivity index (χ4v) is 1.56. The molecular weight excluding hydrogens is 253 g/mol. The van der Waals surface area contributed by atoms with Gasteiger partial charge in [-0.25, -0.2) is 4.39 Å². The second-order valence-electron chi connectivity index (χ2n) is 4.65. The van der Waals surface area contributed by atoms with E-state index in [0.717, 1.165) is 18.2 Å². The summed E-state index contributed by atoms with van der Waals surface area (Å²) in [5, 5.41) is 12.8. The molecule has 19 heavy (non-hydrogen) atoms. The number of carbonyl (C=O) groups is 1. The summed E-state index contributed by atoms with van der Waals surface area (Å²) in [7, 11) is 0. The molecule has 104 valence electrons.